The number of aliphatic hydroxyl groups is 1. The van der Waals surface area contributed by atoms with Gasteiger partial charge in [-0.05, 0) is 44.8 Å². The number of allylic oxidation sites excluding steroid dienone is 1. The van der Waals surface area contributed by atoms with Gasteiger partial charge in [-0.3, -0.25) is 4.79 Å². The Kier molecular flexibility index (Phi) is 3.91. The fourth-order valence-electron chi connectivity index (χ4n) is 2.73. The SMILES string of the molecule is CC1=CC[C@H](O)C(C)=C[C@H]2OC(=O)[C@H](C)[C@@H]2CC1. The maximum atomic E-state index is 11.7. The van der Waals surface area contributed by atoms with Crippen LogP contribution >= 0.6 is 0 Å². The van der Waals surface area contributed by atoms with Crippen molar-refractivity contribution in [2.45, 2.75) is 52.2 Å². The van der Waals surface area contributed by atoms with Gasteiger partial charge in [-0.1, -0.05) is 18.6 Å². The third-order valence-electron chi connectivity index (χ3n) is 4.20. The van der Waals surface area contributed by atoms with E-state index in [0.29, 0.717) is 6.42 Å². The van der Waals surface area contributed by atoms with E-state index in [1.165, 1.54) is 5.57 Å². The predicted molar refractivity (Wildman–Crippen MR) is 69.9 cm³/mol. The molecule has 3 heteroatoms. The Morgan fingerprint density at radius 1 is 1.39 bits per heavy atom. The first-order chi connectivity index (χ1) is 8.49. The Morgan fingerprint density at radius 2 is 2.11 bits per heavy atom. The topological polar surface area (TPSA) is 46.5 Å². The summed E-state index contributed by atoms with van der Waals surface area (Å²) < 4.78 is 5.42. The number of rotatable bonds is 0. The molecular weight excluding hydrogens is 228 g/mol. The van der Waals surface area contributed by atoms with Crippen molar-refractivity contribution in [3.63, 3.8) is 0 Å². The summed E-state index contributed by atoms with van der Waals surface area (Å²) in [6.07, 6.45) is 6.01. The van der Waals surface area contributed by atoms with E-state index >= 15 is 0 Å². The Morgan fingerprint density at radius 3 is 2.83 bits per heavy atom. The molecular formula is C15H22O3. The Balaban J connectivity index is 2.26. The summed E-state index contributed by atoms with van der Waals surface area (Å²) >= 11 is 0. The van der Waals surface area contributed by atoms with Crippen LogP contribution in [0.2, 0.25) is 0 Å². The molecule has 1 aliphatic carbocycles. The van der Waals surface area contributed by atoms with Crippen LogP contribution in [0.5, 0.6) is 0 Å². The lowest BCUT2D eigenvalue weighted by atomic mass is 9.84. The molecule has 1 N–H and O–H groups in total. The Bertz CT molecular complexity index is 395. The quantitative estimate of drug-likeness (QED) is 0.531. The number of carbonyl (C=O) groups excluding carboxylic acids is 1. The van der Waals surface area contributed by atoms with Gasteiger partial charge in [0, 0.05) is 5.92 Å². The molecule has 0 unspecified atom stereocenters. The first-order valence-corrected chi connectivity index (χ1v) is 6.71. The molecule has 1 heterocycles. The molecule has 1 saturated heterocycles. The van der Waals surface area contributed by atoms with Crippen molar-refractivity contribution in [3.8, 4) is 0 Å². The van der Waals surface area contributed by atoms with Crippen LogP contribution in [0.15, 0.2) is 23.3 Å². The van der Waals surface area contributed by atoms with E-state index in [9.17, 15) is 9.90 Å². The number of fused-ring (bicyclic) bond motifs is 1. The number of carbonyl (C=O) groups is 1. The lowest BCUT2D eigenvalue weighted by Gasteiger charge is -2.20. The fraction of sp³-hybridized carbons (Fsp3) is 0.667. The first kappa shape index (κ1) is 13.3. The summed E-state index contributed by atoms with van der Waals surface area (Å²) in [5.74, 6) is 0.0916. The summed E-state index contributed by atoms with van der Waals surface area (Å²) in [6, 6.07) is 0. The second-order valence-electron chi connectivity index (χ2n) is 5.61. The van der Waals surface area contributed by atoms with E-state index in [2.05, 4.69) is 13.0 Å². The normalized spacial score (nSPS) is 37.4. The van der Waals surface area contributed by atoms with E-state index < -0.39 is 6.10 Å². The molecule has 2 rings (SSSR count). The van der Waals surface area contributed by atoms with Crippen molar-refractivity contribution in [2.24, 2.45) is 11.8 Å². The minimum atomic E-state index is -0.465. The van der Waals surface area contributed by atoms with Crippen LogP contribution in [0.3, 0.4) is 0 Å². The largest absolute Gasteiger partial charge is 0.458 e. The van der Waals surface area contributed by atoms with Crippen molar-refractivity contribution in [1.29, 1.82) is 0 Å². The maximum Gasteiger partial charge on any atom is 0.309 e. The van der Waals surface area contributed by atoms with Gasteiger partial charge in [0.15, 0.2) is 0 Å². The van der Waals surface area contributed by atoms with Crippen LogP contribution in [-0.4, -0.2) is 23.3 Å². The molecule has 0 radical (unpaired) electrons. The number of ether oxygens (including phenoxy) is 1. The molecule has 0 aromatic rings. The molecule has 0 bridgehead atoms. The number of hydrogen-bond donors (Lipinski definition) is 1. The molecule has 1 fully saturated rings. The summed E-state index contributed by atoms with van der Waals surface area (Å²) in [4.78, 5) is 11.7. The molecule has 2 aliphatic rings. The van der Waals surface area contributed by atoms with Gasteiger partial charge in [0.2, 0.25) is 0 Å². The van der Waals surface area contributed by atoms with Gasteiger partial charge in [0.25, 0.3) is 0 Å². The van der Waals surface area contributed by atoms with E-state index in [-0.39, 0.29) is 23.9 Å². The Hall–Kier alpha value is -1.09. The minimum Gasteiger partial charge on any atom is -0.458 e. The van der Waals surface area contributed by atoms with E-state index in [4.69, 9.17) is 4.74 Å². The van der Waals surface area contributed by atoms with Crippen molar-refractivity contribution in [2.75, 3.05) is 0 Å². The molecule has 3 nitrogen and oxygen atoms in total. The number of hydrogen-bond acceptors (Lipinski definition) is 3. The van der Waals surface area contributed by atoms with Crippen molar-refractivity contribution in [1.82, 2.24) is 0 Å². The smallest absolute Gasteiger partial charge is 0.309 e. The van der Waals surface area contributed by atoms with Crippen molar-refractivity contribution < 1.29 is 14.6 Å². The molecule has 0 spiro atoms. The molecule has 1 aliphatic heterocycles. The highest BCUT2D eigenvalue weighted by Gasteiger charge is 2.40. The highest BCUT2D eigenvalue weighted by atomic mass is 16.6. The van der Waals surface area contributed by atoms with Gasteiger partial charge in [-0.15, -0.1) is 0 Å². The van der Waals surface area contributed by atoms with Gasteiger partial charge >= 0.3 is 5.97 Å². The number of aliphatic hydroxyl groups excluding tert-OH is 1. The Labute approximate surface area is 109 Å². The summed E-state index contributed by atoms with van der Waals surface area (Å²) in [5, 5.41) is 10.0. The van der Waals surface area contributed by atoms with Crippen molar-refractivity contribution in [3.05, 3.63) is 23.3 Å². The van der Waals surface area contributed by atoms with Gasteiger partial charge in [0.05, 0.1) is 12.0 Å². The average molecular weight is 250 g/mol. The second kappa shape index (κ2) is 5.27. The minimum absolute atomic E-state index is 0.0385. The predicted octanol–water partition coefficient (Wildman–Crippen LogP) is 2.60. The van der Waals surface area contributed by atoms with Gasteiger partial charge in [-0.2, -0.15) is 0 Å². The summed E-state index contributed by atoms with van der Waals surface area (Å²) in [7, 11) is 0. The van der Waals surface area contributed by atoms with Crippen molar-refractivity contribution >= 4 is 5.97 Å². The van der Waals surface area contributed by atoms with Crippen LogP contribution in [0.1, 0.15) is 40.0 Å². The first-order valence-electron chi connectivity index (χ1n) is 6.71. The number of esters is 1. The molecule has 100 valence electrons. The third kappa shape index (κ3) is 2.66. The van der Waals surface area contributed by atoms with Crippen LogP contribution in [0.25, 0.3) is 0 Å². The highest BCUT2D eigenvalue weighted by Crippen LogP contribution is 2.35. The van der Waals surface area contributed by atoms with E-state index in [0.717, 1.165) is 18.4 Å². The summed E-state index contributed by atoms with van der Waals surface area (Å²) in [5.41, 5.74) is 2.19. The zero-order valence-corrected chi connectivity index (χ0v) is 11.3. The molecule has 0 amide bonds. The zero-order valence-electron chi connectivity index (χ0n) is 11.3. The van der Waals surface area contributed by atoms with E-state index in [1.807, 2.05) is 19.9 Å². The zero-order chi connectivity index (χ0) is 13.3. The molecule has 0 saturated carbocycles. The summed E-state index contributed by atoms with van der Waals surface area (Å²) in [6.45, 7) is 5.94. The third-order valence-corrected chi connectivity index (χ3v) is 4.20. The standard InChI is InChI=1S/C15H22O3/c1-9-4-6-12-11(3)15(17)18-14(12)8-10(2)13(16)7-5-9/h5,8,11-14,16H,4,6-7H2,1-3H3/t11-,12+,13+,14-/m1/s1. The lowest BCUT2D eigenvalue weighted by Crippen LogP contribution is -2.20. The molecule has 0 aromatic heterocycles. The van der Waals surface area contributed by atoms with Gasteiger partial charge in [0.1, 0.15) is 6.10 Å². The van der Waals surface area contributed by atoms with Crippen LogP contribution in [-0.2, 0) is 9.53 Å². The van der Waals surface area contributed by atoms with E-state index in [1.54, 1.807) is 0 Å². The monoisotopic (exact) mass is 250 g/mol. The second-order valence-corrected chi connectivity index (χ2v) is 5.61. The van der Waals surface area contributed by atoms with Crippen LogP contribution in [0.4, 0.5) is 0 Å². The van der Waals surface area contributed by atoms with Crippen LogP contribution < -0.4 is 0 Å². The van der Waals surface area contributed by atoms with Gasteiger partial charge < -0.3 is 9.84 Å². The molecule has 18 heavy (non-hydrogen) atoms. The fourth-order valence-corrected chi connectivity index (χ4v) is 2.73. The highest BCUT2D eigenvalue weighted by molar-refractivity contribution is 5.75. The van der Waals surface area contributed by atoms with Crippen LogP contribution in [0, 0.1) is 11.8 Å². The molecule has 4 atom stereocenters. The average Bonchev–Trinajstić information content (AvgIpc) is 2.59. The van der Waals surface area contributed by atoms with Gasteiger partial charge in [-0.25, -0.2) is 0 Å². The lowest BCUT2D eigenvalue weighted by molar-refractivity contribution is -0.142. The molecule has 0 aromatic carbocycles. The maximum absolute atomic E-state index is 11.7.